The van der Waals surface area contributed by atoms with Crippen LogP contribution in [0.2, 0.25) is 5.02 Å². The Labute approximate surface area is 123 Å². The van der Waals surface area contributed by atoms with E-state index in [2.05, 4.69) is 25.2 Å². The van der Waals surface area contributed by atoms with E-state index in [0.29, 0.717) is 6.54 Å². The fourth-order valence-electron chi connectivity index (χ4n) is 2.14. The van der Waals surface area contributed by atoms with Crippen molar-refractivity contribution in [3.8, 4) is 0 Å². The molecular formula is C15H19ClN2S. The zero-order chi connectivity index (χ0) is 14.0. The number of nitrogens with two attached hydrogens (primary N) is 1. The zero-order valence-corrected chi connectivity index (χ0v) is 13.0. The molecule has 2 aromatic rings. The topological polar surface area (TPSA) is 38.0 Å². The van der Waals surface area contributed by atoms with E-state index >= 15 is 0 Å². The number of hydrogen-bond donors (Lipinski definition) is 2. The Hall–Kier alpha value is -1.03. The summed E-state index contributed by atoms with van der Waals surface area (Å²) in [6.07, 6.45) is 0. The minimum Gasteiger partial charge on any atom is -0.377 e. The van der Waals surface area contributed by atoms with Crippen LogP contribution in [0, 0.1) is 20.8 Å². The summed E-state index contributed by atoms with van der Waals surface area (Å²) >= 11 is 7.96. The van der Waals surface area contributed by atoms with Gasteiger partial charge in [0.2, 0.25) is 0 Å². The molecule has 0 amide bonds. The number of rotatable bonds is 4. The van der Waals surface area contributed by atoms with E-state index in [-0.39, 0.29) is 6.04 Å². The normalized spacial score (nSPS) is 12.5. The van der Waals surface area contributed by atoms with Crippen molar-refractivity contribution in [1.29, 1.82) is 0 Å². The number of anilines is 1. The third-order valence-corrected chi connectivity index (χ3v) is 4.59. The van der Waals surface area contributed by atoms with Gasteiger partial charge in [0.25, 0.3) is 0 Å². The molecule has 0 fully saturated rings. The van der Waals surface area contributed by atoms with Crippen molar-refractivity contribution in [3.63, 3.8) is 0 Å². The molecule has 0 aliphatic carbocycles. The fourth-order valence-corrected chi connectivity index (χ4v) is 3.31. The van der Waals surface area contributed by atoms with Crippen LogP contribution in [0.25, 0.3) is 0 Å². The van der Waals surface area contributed by atoms with Gasteiger partial charge in [-0.05, 0) is 50.1 Å². The molecule has 1 aromatic heterocycles. The highest BCUT2D eigenvalue weighted by molar-refractivity contribution is 7.12. The summed E-state index contributed by atoms with van der Waals surface area (Å²) in [5, 5.41) is 4.24. The third-order valence-electron chi connectivity index (χ3n) is 3.20. The lowest BCUT2D eigenvalue weighted by atomic mass is 10.1. The average Bonchev–Trinajstić information content (AvgIpc) is 2.70. The van der Waals surface area contributed by atoms with Crippen LogP contribution in [0.1, 0.15) is 26.9 Å². The molecule has 4 heteroatoms. The Bertz CT molecular complexity index is 578. The molecule has 0 aliphatic heterocycles. The first-order valence-corrected chi connectivity index (χ1v) is 7.50. The van der Waals surface area contributed by atoms with E-state index < -0.39 is 0 Å². The van der Waals surface area contributed by atoms with E-state index in [0.717, 1.165) is 16.3 Å². The first-order valence-electron chi connectivity index (χ1n) is 6.31. The molecule has 102 valence electrons. The second-order valence-corrected chi connectivity index (χ2v) is 6.63. The summed E-state index contributed by atoms with van der Waals surface area (Å²) in [6.45, 7) is 6.82. The van der Waals surface area contributed by atoms with Crippen molar-refractivity contribution in [1.82, 2.24) is 0 Å². The predicted octanol–water partition coefficient (Wildman–Crippen LogP) is 4.44. The maximum Gasteiger partial charge on any atom is 0.0647 e. The van der Waals surface area contributed by atoms with Gasteiger partial charge < -0.3 is 11.1 Å². The van der Waals surface area contributed by atoms with Crippen molar-refractivity contribution >= 4 is 28.6 Å². The Balaban J connectivity index is 2.23. The summed E-state index contributed by atoms with van der Waals surface area (Å²) in [7, 11) is 0. The highest BCUT2D eigenvalue weighted by Crippen LogP contribution is 2.29. The smallest absolute Gasteiger partial charge is 0.0647 e. The van der Waals surface area contributed by atoms with Crippen LogP contribution in [-0.4, -0.2) is 6.54 Å². The lowest BCUT2D eigenvalue weighted by Gasteiger charge is -2.19. The van der Waals surface area contributed by atoms with Gasteiger partial charge in [-0.15, -0.1) is 11.3 Å². The van der Waals surface area contributed by atoms with Crippen LogP contribution in [-0.2, 0) is 0 Å². The monoisotopic (exact) mass is 294 g/mol. The Morgan fingerprint density at radius 2 is 2.00 bits per heavy atom. The van der Waals surface area contributed by atoms with Gasteiger partial charge in [0.1, 0.15) is 0 Å². The number of aryl methyl sites for hydroxylation is 3. The fraction of sp³-hybridized carbons (Fsp3) is 0.333. The highest BCUT2D eigenvalue weighted by atomic mass is 35.5. The summed E-state index contributed by atoms with van der Waals surface area (Å²) in [4.78, 5) is 2.63. The van der Waals surface area contributed by atoms with Gasteiger partial charge in [-0.2, -0.15) is 0 Å². The number of benzene rings is 1. The Morgan fingerprint density at radius 1 is 1.26 bits per heavy atom. The predicted molar refractivity (Wildman–Crippen MR) is 85.4 cm³/mol. The lowest BCUT2D eigenvalue weighted by Crippen LogP contribution is -2.20. The van der Waals surface area contributed by atoms with E-state index in [1.54, 1.807) is 0 Å². The molecule has 0 bridgehead atoms. The van der Waals surface area contributed by atoms with Gasteiger partial charge in [0, 0.05) is 27.0 Å². The summed E-state index contributed by atoms with van der Waals surface area (Å²) in [5.74, 6) is 0. The number of hydrogen-bond acceptors (Lipinski definition) is 3. The molecule has 0 saturated carbocycles. The molecule has 2 rings (SSSR count). The second kappa shape index (κ2) is 5.95. The van der Waals surface area contributed by atoms with Crippen LogP contribution in [0.15, 0.2) is 24.3 Å². The van der Waals surface area contributed by atoms with Crippen molar-refractivity contribution in [2.75, 3.05) is 11.9 Å². The first-order chi connectivity index (χ1) is 9.01. The quantitative estimate of drug-likeness (QED) is 0.875. The minimum absolute atomic E-state index is 0.128. The molecule has 3 N–H and O–H groups in total. The van der Waals surface area contributed by atoms with Crippen LogP contribution in [0.4, 0.5) is 5.69 Å². The van der Waals surface area contributed by atoms with E-state index in [1.807, 2.05) is 36.5 Å². The first kappa shape index (κ1) is 14.4. The molecular weight excluding hydrogens is 276 g/mol. The molecule has 0 radical (unpaired) electrons. The molecule has 1 heterocycles. The molecule has 19 heavy (non-hydrogen) atoms. The molecule has 1 atom stereocenters. The number of halogens is 1. The van der Waals surface area contributed by atoms with Crippen LogP contribution in [0.3, 0.4) is 0 Å². The largest absolute Gasteiger partial charge is 0.377 e. The number of thiophene rings is 1. The number of nitrogens with one attached hydrogen (secondary N) is 1. The van der Waals surface area contributed by atoms with E-state index in [1.165, 1.54) is 15.3 Å². The van der Waals surface area contributed by atoms with Crippen LogP contribution >= 0.6 is 22.9 Å². The van der Waals surface area contributed by atoms with Crippen molar-refractivity contribution < 1.29 is 0 Å². The highest BCUT2D eigenvalue weighted by Gasteiger charge is 2.14. The van der Waals surface area contributed by atoms with Gasteiger partial charge in [-0.3, -0.25) is 0 Å². The van der Waals surface area contributed by atoms with E-state index in [4.69, 9.17) is 17.3 Å². The van der Waals surface area contributed by atoms with Crippen molar-refractivity contribution in [3.05, 3.63) is 50.2 Å². The molecule has 0 aliphatic rings. The van der Waals surface area contributed by atoms with Crippen LogP contribution < -0.4 is 11.1 Å². The molecule has 0 spiro atoms. The second-order valence-electron chi connectivity index (χ2n) is 4.77. The van der Waals surface area contributed by atoms with Gasteiger partial charge in [0.05, 0.1) is 6.04 Å². The molecule has 0 saturated heterocycles. The van der Waals surface area contributed by atoms with E-state index in [9.17, 15) is 0 Å². The maximum atomic E-state index is 6.15. The Morgan fingerprint density at radius 3 is 2.53 bits per heavy atom. The Kier molecular flexibility index (Phi) is 4.50. The van der Waals surface area contributed by atoms with Gasteiger partial charge in [-0.1, -0.05) is 17.7 Å². The molecule has 1 unspecified atom stereocenters. The molecule has 1 aromatic carbocycles. The average molecular weight is 295 g/mol. The molecule has 2 nitrogen and oxygen atoms in total. The summed E-state index contributed by atoms with van der Waals surface area (Å²) in [6, 6.07) is 8.35. The SMILES string of the molecule is Cc1cc(C(CN)Nc2ccc(C)c(Cl)c2)c(C)s1. The minimum atomic E-state index is 0.128. The summed E-state index contributed by atoms with van der Waals surface area (Å²) in [5.41, 5.74) is 9.28. The van der Waals surface area contributed by atoms with Gasteiger partial charge >= 0.3 is 0 Å². The van der Waals surface area contributed by atoms with Crippen LogP contribution in [0.5, 0.6) is 0 Å². The van der Waals surface area contributed by atoms with Gasteiger partial charge in [-0.25, -0.2) is 0 Å². The standard InChI is InChI=1S/C15H19ClN2S/c1-9-4-5-12(7-14(9)16)18-15(8-17)13-6-10(2)19-11(13)3/h4-7,15,18H,8,17H2,1-3H3. The maximum absolute atomic E-state index is 6.15. The summed E-state index contributed by atoms with van der Waals surface area (Å²) < 4.78 is 0. The van der Waals surface area contributed by atoms with Gasteiger partial charge in [0.15, 0.2) is 0 Å². The van der Waals surface area contributed by atoms with Crippen molar-refractivity contribution in [2.24, 2.45) is 5.73 Å². The lowest BCUT2D eigenvalue weighted by molar-refractivity contribution is 0.788. The van der Waals surface area contributed by atoms with Crippen molar-refractivity contribution in [2.45, 2.75) is 26.8 Å². The zero-order valence-electron chi connectivity index (χ0n) is 11.5. The third kappa shape index (κ3) is 3.30.